The molecule has 0 spiro atoms. The number of hydrogen-bond donors (Lipinski definition) is 1. The van der Waals surface area contributed by atoms with Gasteiger partial charge in [0, 0.05) is 7.05 Å². The highest BCUT2D eigenvalue weighted by atomic mass is 16.4. The first-order chi connectivity index (χ1) is 8.97. The van der Waals surface area contributed by atoms with Gasteiger partial charge in [-0.05, 0) is 25.3 Å². The van der Waals surface area contributed by atoms with Gasteiger partial charge in [-0.25, -0.2) is 4.79 Å². The second kappa shape index (κ2) is 6.14. The Hall–Kier alpha value is -2.16. The third-order valence-corrected chi connectivity index (χ3v) is 3.21. The van der Waals surface area contributed by atoms with Crippen molar-refractivity contribution in [3.8, 4) is 6.07 Å². The summed E-state index contributed by atoms with van der Waals surface area (Å²) in [6.07, 6.45) is 1.37. The molecule has 0 radical (unpaired) electrons. The van der Waals surface area contributed by atoms with E-state index in [-0.39, 0.29) is 0 Å². The molecule has 0 aliphatic rings. The zero-order valence-electron chi connectivity index (χ0n) is 11.6. The van der Waals surface area contributed by atoms with Crippen molar-refractivity contribution in [3.63, 3.8) is 0 Å². The number of aromatic nitrogens is 2. The molecule has 1 N–H and O–H groups in total. The molecule has 0 amide bonds. The van der Waals surface area contributed by atoms with Crippen molar-refractivity contribution >= 4 is 11.8 Å². The standard InChI is InChI=1S/C13H18N4O2/c1-5-9-10(7-14)12(16-15-11(9)6-2)17(4)8(3)13(18)19/h8H,5-6H2,1-4H3,(H,18,19). The minimum absolute atomic E-state index is 0.325. The Morgan fingerprint density at radius 1 is 1.42 bits per heavy atom. The number of carboxylic acid groups (broad SMARTS) is 1. The Bertz CT molecular complexity index is 522. The average Bonchev–Trinajstić information content (AvgIpc) is 2.43. The third kappa shape index (κ3) is 2.81. The largest absolute Gasteiger partial charge is 0.480 e. The van der Waals surface area contributed by atoms with Crippen LogP contribution in [0.25, 0.3) is 0 Å². The highest BCUT2D eigenvalue weighted by Gasteiger charge is 2.23. The van der Waals surface area contributed by atoms with Crippen LogP contribution in [0.3, 0.4) is 0 Å². The first-order valence-corrected chi connectivity index (χ1v) is 6.21. The molecule has 1 heterocycles. The molecular weight excluding hydrogens is 244 g/mol. The van der Waals surface area contributed by atoms with Gasteiger partial charge >= 0.3 is 5.97 Å². The maximum absolute atomic E-state index is 11.0. The molecule has 0 fully saturated rings. The van der Waals surface area contributed by atoms with Crippen molar-refractivity contribution < 1.29 is 9.90 Å². The second-order valence-electron chi connectivity index (χ2n) is 4.27. The van der Waals surface area contributed by atoms with E-state index in [2.05, 4.69) is 16.3 Å². The van der Waals surface area contributed by atoms with E-state index in [1.165, 1.54) is 4.90 Å². The number of aryl methyl sites for hydroxylation is 1. The zero-order valence-corrected chi connectivity index (χ0v) is 11.6. The molecule has 6 heteroatoms. The molecule has 0 saturated heterocycles. The molecule has 1 aromatic heterocycles. The van der Waals surface area contributed by atoms with E-state index >= 15 is 0 Å². The van der Waals surface area contributed by atoms with Crippen molar-refractivity contribution in [2.24, 2.45) is 0 Å². The smallest absolute Gasteiger partial charge is 0.326 e. The van der Waals surface area contributed by atoms with E-state index in [1.807, 2.05) is 13.8 Å². The Morgan fingerprint density at radius 2 is 2.05 bits per heavy atom. The van der Waals surface area contributed by atoms with Crippen LogP contribution >= 0.6 is 0 Å². The number of rotatable bonds is 5. The SMILES string of the molecule is CCc1nnc(N(C)C(C)C(=O)O)c(C#N)c1CC. The van der Waals surface area contributed by atoms with Crippen LogP contribution in [0.15, 0.2) is 0 Å². The number of nitriles is 1. The normalized spacial score (nSPS) is 11.7. The summed E-state index contributed by atoms with van der Waals surface area (Å²) in [5, 5.41) is 26.5. The quantitative estimate of drug-likeness (QED) is 0.862. The van der Waals surface area contributed by atoms with Gasteiger partial charge in [-0.3, -0.25) is 0 Å². The lowest BCUT2D eigenvalue weighted by Gasteiger charge is -2.24. The Labute approximate surface area is 112 Å². The second-order valence-corrected chi connectivity index (χ2v) is 4.27. The fraction of sp³-hybridized carbons (Fsp3) is 0.538. The predicted octanol–water partition coefficient (Wildman–Crippen LogP) is 1.38. The fourth-order valence-electron chi connectivity index (χ4n) is 1.88. The van der Waals surface area contributed by atoms with Gasteiger partial charge < -0.3 is 10.0 Å². The van der Waals surface area contributed by atoms with Gasteiger partial charge in [0.2, 0.25) is 0 Å². The Balaban J connectivity index is 3.37. The molecule has 1 rings (SSSR count). The van der Waals surface area contributed by atoms with Crippen LogP contribution in [0.4, 0.5) is 5.82 Å². The molecule has 0 aliphatic carbocycles. The molecular formula is C13H18N4O2. The van der Waals surface area contributed by atoms with Crippen LogP contribution in [-0.2, 0) is 17.6 Å². The van der Waals surface area contributed by atoms with E-state index in [0.717, 1.165) is 11.3 Å². The summed E-state index contributed by atoms with van der Waals surface area (Å²) in [7, 11) is 1.61. The van der Waals surface area contributed by atoms with Crippen LogP contribution in [0.1, 0.15) is 37.6 Å². The Morgan fingerprint density at radius 3 is 2.47 bits per heavy atom. The van der Waals surface area contributed by atoms with E-state index in [1.54, 1.807) is 14.0 Å². The van der Waals surface area contributed by atoms with E-state index in [4.69, 9.17) is 5.11 Å². The zero-order chi connectivity index (χ0) is 14.6. The summed E-state index contributed by atoms with van der Waals surface area (Å²) >= 11 is 0. The molecule has 1 unspecified atom stereocenters. The van der Waals surface area contributed by atoms with Gasteiger partial charge in [0.05, 0.1) is 5.69 Å². The summed E-state index contributed by atoms with van der Waals surface area (Å²) < 4.78 is 0. The monoisotopic (exact) mass is 262 g/mol. The molecule has 6 nitrogen and oxygen atoms in total. The summed E-state index contributed by atoms with van der Waals surface area (Å²) in [6.45, 7) is 5.44. The average molecular weight is 262 g/mol. The van der Waals surface area contributed by atoms with Crippen molar-refractivity contribution in [2.75, 3.05) is 11.9 Å². The molecule has 0 aromatic carbocycles. The molecule has 1 atom stereocenters. The number of nitrogens with zero attached hydrogens (tertiary/aromatic N) is 4. The number of anilines is 1. The lowest BCUT2D eigenvalue weighted by atomic mass is 10.0. The first kappa shape index (κ1) is 14.9. The maximum Gasteiger partial charge on any atom is 0.326 e. The van der Waals surface area contributed by atoms with Crippen LogP contribution in [0, 0.1) is 11.3 Å². The lowest BCUT2D eigenvalue weighted by molar-refractivity contribution is -0.138. The Kier molecular flexibility index (Phi) is 4.81. The first-order valence-electron chi connectivity index (χ1n) is 6.21. The van der Waals surface area contributed by atoms with Gasteiger partial charge in [-0.2, -0.15) is 10.4 Å². The van der Waals surface area contributed by atoms with Gasteiger partial charge in [0.1, 0.15) is 17.7 Å². The fourth-order valence-corrected chi connectivity index (χ4v) is 1.88. The third-order valence-electron chi connectivity index (χ3n) is 3.21. The molecule has 0 aliphatic heterocycles. The number of carbonyl (C=O) groups is 1. The van der Waals surface area contributed by atoms with Gasteiger partial charge in [0.25, 0.3) is 0 Å². The highest BCUT2D eigenvalue weighted by Crippen LogP contribution is 2.23. The van der Waals surface area contributed by atoms with Crippen molar-refractivity contribution in [3.05, 3.63) is 16.8 Å². The summed E-state index contributed by atoms with van der Waals surface area (Å²) in [6, 6.07) is 1.36. The van der Waals surface area contributed by atoms with E-state index in [9.17, 15) is 10.1 Å². The van der Waals surface area contributed by atoms with Crippen molar-refractivity contribution in [1.82, 2.24) is 10.2 Å². The lowest BCUT2D eigenvalue weighted by Crippen LogP contribution is -2.37. The molecule has 102 valence electrons. The highest BCUT2D eigenvalue weighted by molar-refractivity contribution is 5.78. The molecule has 19 heavy (non-hydrogen) atoms. The van der Waals surface area contributed by atoms with Crippen LogP contribution in [-0.4, -0.2) is 34.4 Å². The molecule has 1 aromatic rings. The number of carboxylic acids is 1. The number of likely N-dealkylation sites (N-methyl/N-ethyl adjacent to an activating group) is 1. The minimum atomic E-state index is -0.967. The van der Waals surface area contributed by atoms with Crippen LogP contribution in [0.2, 0.25) is 0 Å². The van der Waals surface area contributed by atoms with Gasteiger partial charge in [-0.1, -0.05) is 13.8 Å². The van der Waals surface area contributed by atoms with Gasteiger partial charge in [-0.15, -0.1) is 5.10 Å². The van der Waals surface area contributed by atoms with E-state index < -0.39 is 12.0 Å². The predicted molar refractivity (Wildman–Crippen MR) is 71.0 cm³/mol. The van der Waals surface area contributed by atoms with Crippen molar-refractivity contribution in [2.45, 2.75) is 39.7 Å². The maximum atomic E-state index is 11.0. The van der Waals surface area contributed by atoms with E-state index in [0.29, 0.717) is 24.2 Å². The summed E-state index contributed by atoms with van der Waals surface area (Å²) in [5.74, 6) is -0.641. The molecule has 0 bridgehead atoms. The van der Waals surface area contributed by atoms with Crippen LogP contribution in [0.5, 0.6) is 0 Å². The topological polar surface area (TPSA) is 90.1 Å². The van der Waals surface area contributed by atoms with Crippen LogP contribution < -0.4 is 4.90 Å². The van der Waals surface area contributed by atoms with Crippen molar-refractivity contribution in [1.29, 1.82) is 5.26 Å². The van der Waals surface area contributed by atoms with Gasteiger partial charge in [0.15, 0.2) is 5.82 Å². The summed E-state index contributed by atoms with van der Waals surface area (Å²) in [5.41, 5.74) is 2.06. The number of hydrogen-bond acceptors (Lipinski definition) is 5. The minimum Gasteiger partial charge on any atom is -0.480 e. The molecule has 0 saturated carbocycles. The number of aliphatic carboxylic acids is 1. The summed E-state index contributed by atoms with van der Waals surface area (Å²) in [4.78, 5) is 12.5.